The van der Waals surface area contributed by atoms with Crippen molar-refractivity contribution in [3.63, 3.8) is 0 Å². The van der Waals surface area contributed by atoms with Crippen molar-refractivity contribution in [3.05, 3.63) is 0 Å². The Labute approximate surface area is 126 Å². The van der Waals surface area contributed by atoms with Crippen LogP contribution in [0.5, 0.6) is 0 Å². The van der Waals surface area contributed by atoms with Gasteiger partial charge in [0.05, 0.1) is 0 Å². The SMILES string of the molecule is CCCC(NCC)C(CC)N1CCN(CC2CC2)CC1. The van der Waals surface area contributed by atoms with Gasteiger partial charge in [-0.25, -0.2) is 0 Å². The summed E-state index contributed by atoms with van der Waals surface area (Å²) in [5, 5.41) is 3.73. The molecule has 1 saturated heterocycles. The molecule has 2 aliphatic rings. The smallest absolute Gasteiger partial charge is 0.0247 e. The highest BCUT2D eigenvalue weighted by Gasteiger charge is 2.30. The standard InChI is InChI=1S/C17H35N3/c1-4-7-16(18-6-3)17(5-2)20-12-10-19(11-13-20)14-15-8-9-15/h15-18H,4-14H2,1-3H3. The molecule has 0 spiro atoms. The average molecular weight is 281 g/mol. The Morgan fingerprint density at radius 3 is 2.25 bits per heavy atom. The van der Waals surface area contributed by atoms with Gasteiger partial charge in [0.25, 0.3) is 0 Å². The van der Waals surface area contributed by atoms with Crippen LogP contribution in [0, 0.1) is 5.92 Å². The van der Waals surface area contributed by atoms with Crippen molar-refractivity contribution in [3.8, 4) is 0 Å². The van der Waals surface area contributed by atoms with Gasteiger partial charge in [-0.1, -0.05) is 27.2 Å². The Morgan fingerprint density at radius 1 is 1.05 bits per heavy atom. The van der Waals surface area contributed by atoms with Crippen LogP contribution in [0.25, 0.3) is 0 Å². The highest BCUT2D eigenvalue weighted by Crippen LogP contribution is 2.30. The molecular weight excluding hydrogens is 246 g/mol. The van der Waals surface area contributed by atoms with Gasteiger partial charge in [0.1, 0.15) is 0 Å². The van der Waals surface area contributed by atoms with Gasteiger partial charge < -0.3 is 10.2 Å². The first-order valence-electron chi connectivity index (χ1n) is 8.98. The highest BCUT2D eigenvalue weighted by molar-refractivity contribution is 4.87. The second-order valence-electron chi connectivity index (χ2n) is 6.71. The largest absolute Gasteiger partial charge is 0.313 e. The van der Waals surface area contributed by atoms with E-state index in [0.29, 0.717) is 6.04 Å². The molecule has 1 aliphatic carbocycles. The van der Waals surface area contributed by atoms with Crippen LogP contribution in [-0.2, 0) is 0 Å². The molecule has 0 bridgehead atoms. The van der Waals surface area contributed by atoms with Crippen LogP contribution in [-0.4, -0.2) is 61.2 Å². The molecule has 118 valence electrons. The Kier molecular flexibility index (Phi) is 6.79. The molecule has 20 heavy (non-hydrogen) atoms. The van der Waals surface area contributed by atoms with Crippen LogP contribution in [0.3, 0.4) is 0 Å². The predicted octanol–water partition coefficient (Wildman–Crippen LogP) is 2.57. The van der Waals surface area contributed by atoms with Gasteiger partial charge >= 0.3 is 0 Å². The van der Waals surface area contributed by atoms with Crippen molar-refractivity contribution in [2.45, 2.75) is 65.0 Å². The van der Waals surface area contributed by atoms with E-state index >= 15 is 0 Å². The van der Waals surface area contributed by atoms with Gasteiger partial charge in [-0.05, 0) is 38.1 Å². The van der Waals surface area contributed by atoms with Crippen molar-refractivity contribution in [2.75, 3.05) is 39.3 Å². The third kappa shape index (κ3) is 4.71. The molecule has 1 aliphatic heterocycles. The summed E-state index contributed by atoms with van der Waals surface area (Å²) in [4.78, 5) is 5.45. The summed E-state index contributed by atoms with van der Waals surface area (Å²) in [6, 6.07) is 1.42. The summed E-state index contributed by atoms with van der Waals surface area (Å²) < 4.78 is 0. The van der Waals surface area contributed by atoms with E-state index in [1.54, 1.807) is 0 Å². The lowest BCUT2D eigenvalue weighted by Gasteiger charge is -2.42. The summed E-state index contributed by atoms with van der Waals surface area (Å²) in [6.07, 6.45) is 6.85. The fourth-order valence-electron chi connectivity index (χ4n) is 3.74. The third-order valence-corrected chi connectivity index (χ3v) is 5.04. The van der Waals surface area contributed by atoms with Crippen LogP contribution >= 0.6 is 0 Å². The molecule has 2 rings (SSSR count). The third-order valence-electron chi connectivity index (χ3n) is 5.04. The van der Waals surface area contributed by atoms with E-state index in [4.69, 9.17) is 0 Å². The van der Waals surface area contributed by atoms with Crippen LogP contribution in [0.15, 0.2) is 0 Å². The lowest BCUT2D eigenvalue weighted by molar-refractivity contribution is 0.0723. The van der Waals surface area contributed by atoms with Crippen molar-refractivity contribution in [1.82, 2.24) is 15.1 Å². The highest BCUT2D eigenvalue weighted by atomic mass is 15.3. The maximum absolute atomic E-state index is 3.73. The number of likely N-dealkylation sites (N-methyl/N-ethyl adjacent to an activating group) is 1. The first-order valence-corrected chi connectivity index (χ1v) is 8.98. The molecule has 0 aromatic rings. The van der Waals surface area contributed by atoms with E-state index < -0.39 is 0 Å². The normalized spacial score (nSPS) is 24.8. The second kappa shape index (κ2) is 8.35. The zero-order valence-electron chi connectivity index (χ0n) is 13.9. The molecule has 0 amide bonds. The first-order chi connectivity index (χ1) is 9.78. The zero-order chi connectivity index (χ0) is 14.4. The van der Waals surface area contributed by atoms with Crippen LogP contribution < -0.4 is 5.32 Å². The minimum absolute atomic E-state index is 0.685. The van der Waals surface area contributed by atoms with Crippen LogP contribution in [0.1, 0.15) is 52.9 Å². The van der Waals surface area contributed by atoms with E-state index in [1.165, 1.54) is 64.8 Å². The Morgan fingerprint density at radius 2 is 1.75 bits per heavy atom. The Balaban J connectivity index is 1.80. The average Bonchev–Trinajstić information content (AvgIpc) is 3.26. The summed E-state index contributed by atoms with van der Waals surface area (Å²) in [5.74, 6) is 1.04. The van der Waals surface area contributed by atoms with E-state index in [0.717, 1.165) is 18.5 Å². The fraction of sp³-hybridized carbons (Fsp3) is 1.00. The summed E-state index contributed by atoms with van der Waals surface area (Å²) >= 11 is 0. The first kappa shape index (κ1) is 16.3. The molecule has 2 fully saturated rings. The number of piperazine rings is 1. The van der Waals surface area contributed by atoms with Crippen molar-refractivity contribution >= 4 is 0 Å². The Bertz CT molecular complexity index is 251. The minimum Gasteiger partial charge on any atom is -0.313 e. The van der Waals surface area contributed by atoms with Crippen LogP contribution in [0.4, 0.5) is 0 Å². The van der Waals surface area contributed by atoms with Gasteiger partial charge in [-0.3, -0.25) is 4.90 Å². The number of hydrogen-bond acceptors (Lipinski definition) is 3. The minimum atomic E-state index is 0.685. The lowest BCUT2D eigenvalue weighted by Crippen LogP contribution is -2.56. The maximum atomic E-state index is 3.73. The molecule has 1 N–H and O–H groups in total. The monoisotopic (exact) mass is 281 g/mol. The number of nitrogens with one attached hydrogen (secondary N) is 1. The van der Waals surface area contributed by atoms with Crippen molar-refractivity contribution in [1.29, 1.82) is 0 Å². The van der Waals surface area contributed by atoms with Crippen molar-refractivity contribution in [2.24, 2.45) is 5.92 Å². The summed E-state index contributed by atoms with van der Waals surface area (Å²) in [5.41, 5.74) is 0. The van der Waals surface area contributed by atoms with E-state index in [-0.39, 0.29) is 0 Å². The topological polar surface area (TPSA) is 18.5 Å². The van der Waals surface area contributed by atoms with Gasteiger partial charge in [-0.15, -0.1) is 0 Å². The quantitative estimate of drug-likeness (QED) is 0.701. The summed E-state index contributed by atoms with van der Waals surface area (Å²) in [6.45, 7) is 14.5. The molecule has 2 unspecified atom stereocenters. The van der Waals surface area contributed by atoms with Crippen LogP contribution in [0.2, 0.25) is 0 Å². The molecular formula is C17H35N3. The second-order valence-corrected chi connectivity index (χ2v) is 6.71. The number of rotatable bonds is 9. The molecule has 0 aromatic heterocycles. The van der Waals surface area contributed by atoms with Crippen molar-refractivity contribution < 1.29 is 0 Å². The fourth-order valence-corrected chi connectivity index (χ4v) is 3.74. The lowest BCUT2D eigenvalue weighted by atomic mass is 9.98. The van der Waals surface area contributed by atoms with Gasteiger partial charge in [0, 0.05) is 44.8 Å². The molecule has 1 heterocycles. The Hall–Kier alpha value is -0.120. The predicted molar refractivity (Wildman–Crippen MR) is 87.2 cm³/mol. The summed E-state index contributed by atoms with van der Waals surface area (Å²) in [7, 11) is 0. The zero-order valence-corrected chi connectivity index (χ0v) is 13.9. The molecule has 2 atom stereocenters. The molecule has 0 radical (unpaired) electrons. The molecule has 3 nitrogen and oxygen atoms in total. The molecule has 1 saturated carbocycles. The molecule has 3 heteroatoms. The van der Waals surface area contributed by atoms with E-state index in [1.807, 2.05) is 0 Å². The maximum Gasteiger partial charge on any atom is 0.0247 e. The number of nitrogens with zero attached hydrogens (tertiary/aromatic N) is 2. The van der Waals surface area contributed by atoms with E-state index in [2.05, 4.69) is 35.9 Å². The van der Waals surface area contributed by atoms with Gasteiger partial charge in [0.2, 0.25) is 0 Å². The van der Waals surface area contributed by atoms with Gasteiger partial charge in [-0.2, -0.15) is 0 Å². The number of hydrogen-bond donors (Lipinski definition) is 1. The van der Waals surface area contributed by atoms with Gasteiger partial charge in [0.15, 0.2) is 0 Å². The molecule has 0 aromatic carbocycles. The van der Waals surface area contributed by atoms with E-state index in [9.17, 15) is 0 Å².